The number of rotatable bonds is 6. The fourth-order valence-electron chi connectivity index (χ4n) is 8.57. The van der Waals surface area contributed by atoms with Crippen LogP contribution in [0.2, 0.25) is 0 Å². The molecule has 1 heterocycles. The van der Waals surface area contributed by atoms with Crippen molar-refractivity contribution in [1.82, 2.24) is 0 Å². The highest BCUT2D eigenvalue weighted by molar-refractivity contribution is 6.24. The highest BCUT2D eigenvalue weighted by atomic mass is 16.3. The fraction of sp³-hybridized carbons (Fsp3) is 0. The van der Waals surface area contributed by atoms with Gasteiger partial charge in [0.05, 0.1) is 0 Å². The predicted molar refractivity (Wildman–Crippen MR) is 237 cm³/mol. The van der Waals surface area contributed by atoms with Crippen molar-refractivity contribution in [3.05, 3.63) is 212 Å². The standard InChI is InChI=1S/C54H35NO/c1-2-12-36(13-3-1)40-16-10-17-44(34-40)55(42-29-24-38(25-30-42)47-21-11-22-50-48-20-8-9-23-52(48)56-54(47)50)43-31-26-39(27-32-43)51-35-41-15-5-7-19-46(41)53-45-18-6-4-14-37(45)28-33-49(51)53/h1-35H. The lowest BCUT2D eigenvalue weighted by molar-refractivity contribution is 0.670. The van der Waals surface area contributed by atoms with E-state index in [1.165, 1.54) is 54.6 Å². The van der Waals surface area contributed by atoms with Crippen molar-refractivity contribution in [3.8, 4) is 33.4 Å². The van der Waals surface area contributed by atoms with Crippen LogP contribution in [0, 0.1) is 0 Å². The second-order valence-corrected chi connectivity index (χ2v) is 14.5. The highest BCUT2D eigenvalue weighted by Crippen LogP contribution is 2.42. The molecule has 11 rings (SSSR count). The van der Waals surface area contributed by atoms with E-state index in [-0.39, 0.29) is 0 Å². The topological polar surface area (TPSA) is 16.4 Å². The normalized spacial score (nSPS) is 11.6. The van der Waals surface area contributed by atoms with Crippen LogP contribution in [0.5, 0.6) is 0 Å². The number of furan rings is 1. The van der Waals surface area contributed by atoms with Crippen LogP contribution in [0.25, 0.3) is 87.6 Å². The molecule has 0 amide bonds. The molecule has 0 spiro atoms. The van der Waals surface area contributed by atoms with E-state index in [1.807, 2.05) is 12.1 Å². The first-order valence-electron chi connectivity index (χ1n) is 19.2. The van der Waals surface area contributed by atoms with Crippen LogP contribution in [0.1, 0.15) is 0 Å². The molecule has 0 saturated carbocycles. The van der Waals surface area contributed by atoms with Gasteiger partial charge in [0.2, 0.25) is 0 Å². The third kappa shape index (κ3) is 5.34. The van der Waals surface area contributed by atoms with Gasteiger partial charge < -0.3 is 9.32 Å². The van der Waals surface area contributed by atoms with Gasteiger partial charge in [0.1, 0.15) is 11.2 Å². The Balaban J connectivity index is 1.04. The first-order valence-corrected chi connectivity index (χ1v) is 19.2. The van der Waals surface area contributed by atoms with Gasteiger partial charge in [-0.2, -0.15) is 0 Å². The molecule has 2 heteroatoms. The number of para-hydroxylation sites is 2. The maximum Gasteiger partial charge on any atom is 0.143 e. The molecule has 10 aromatic carbocycles. The summed E-state index contributed by atoms with van der Waals surface area (Å²) in [5.74, 6) is 0. The SMILES string of the molecule is c1ccc(-c2cccc(N(c3ccc(-c4cc5ccccc5c5c4ccc4ccccc45)cc3)c3ccc(-c4cccc5c4oc4ccccc45)cc3)c2)cc1. The zero-order valence-electron chi connectivity index (χ0n) is 30.6. The maximum atomic E-state index is 6.42. The maximum absolute atomic E-state index is 6.42. The number of anilines is 3. The summed E-state index contributed by atoms with van der Waals surface area (Å²) in [6.45, 7) is 0. The van der Waals surface area contributed by atoms with Gasteiger partial charge in [0, 0.05) is 33.4 Å². The Hall–Kier alpha value is -7.42. The van der Waals surface area contributed by atoms with Crippen molar-refractivity contribution in [2.45, 2.75) is 0 Å². The summed E-state index contributed by atoms with van der Waals surface area (Å²) in [6, 6.07) is 76.4. The molecule has 0 fully saturated rings. The van der Waals surface area contributed by atoms with Crippen molar-refractivity contribution >= 4 is 71.3 Å². The Morgan fingerprint density at radius 1 is 0.304 bits per heavy atom. The van der Waals surface area contributed by atoms with Crippen LogP contribution in [0.3, 0.4) is 0 Å². The van der Waals surface area contributed by atoms with Crippen LogP contribution in [-0.4, -0.2) is 0 Å². The van der Waals surface area contributed by atoms with Crippen LogP contribution >= 0.6 is 0 Å². The van der Waals surface area contributed by atoms with Crippen LogP contribution in [0.15, 0.2) is 217 Å². The minimum atomic E-state index is 0.907. The summed E-state index contributed by atoms with van der Waals surface area (Å²) in [5, 5.41) is 9.90. The zero-order valence-corrected chi connectivity index (χ0v) is 30.6. The van der Waals surface area contributed by atoms with E-state index >= 15 is 0 Å². The van der Waals surface area contributed by atoms with Gasteiger partial charge in [-0.05, 0) is 109 Å². The first kappa shape index (κ1) is 32.0. The summed E-state index contributed by atoms with van der Waals surface area (Å²) in [5.41, 5.74) is 12.1. The van der Waals surface area contributed by atoms with Crippen molar-refractivity contribution in [2.24, 2.45) is 0 Å². The zero-order chi connectivity index (χ0) is 37.0. The lowest BCUT2D eigenvalue weighted by Crippen LogP contribution is -2.10. The fourth-order valence-corrected chi connectivity index (χ4v) is 8.57. The second kappa shape index (κ2) is 13.2. The molecule has 0 radical (unpaired) electrons. The van der Waals surface area contributed by atoms with E-state index in [9.17, 15) is 0 Å². The van der Waals surface area contributed by atoms with Gasteiger partial charge in [-0.15, -0.1) is 0 Å². The first-order chi connectivity index (χ1) is 27.8. The largest absolute Gasteiger partial charge is 0.455 e. The molecule has 262 valence electrons. The Morgan fingerprint density at radius 2 is 0.893 bits per heavy atom. The van der Waals surface area contributed by atoms with Gasteiger partial charge in [-0.3, -0.25) is 0 Å². The van der Waals surface area contributed by atoms with Gasteiger partial charge in [0.15, 0.2) is 0 Å². The Morgan fingerprint density at radius 3 is 1.66 bits per heavy atom. The second-order valence-electron chi connectivity index (χ2n) is 14.5. The predicted octanol–water partition coefficient (Wildman–Crippen LogP) is 15.5. The molecule has 0 unspecified atom stereocenters. The molecule has 0 aliphatic carbocycles. The lowest BCUT2D eigenvalue weighted by atomic mass is 9.90. The van der Waals surface area contributed by atoms with E-state index < -0.39 is 0 Å². The number of benzene rings is 10. The van der Waals surface area contributed by atoms with Crippen LogP contribution < -0.4 is 4.90 Å². The quantitative estimate of drug-likeness (QED) is 0.160. The minimum Gasteiger partial charge on any atom is -0.455 e. The number of hydrogen-bond acceptors (Lipinski definition) is 2. The number of nitrogens with zero attached hydrogens (tertiary/aromatic N) is 1. The number of hydrogen-bond donors (Lipinski definition) is 0. The lowest BCUT2D eigenvalue weighted by Gasteiger charge is -2.26. The molecular formula is C54H35NO. The number of fused-ring (bicyclic) bond motifs is 8. The Labute approximate surface area is 325 Å². The molecule has 0 bridgehead atoms. The molecular weight excluding hydrogens is 679 g/mol. The average molecular weight is 714 g/mol. The van der Waals surface area contributed by atoms with Gasteiger partial charge >= 0.3 is 0 Å². The van der Waals surface area contributed by atoms with Crippen LogP contribution in [0.4, 0.5) is 17.1 Å². The van der Waals surface area contributed by atoms with E-state index in [1.54, 1.807) is 0 Å². The molecule has 11 aromatic rings. The average Bonchev–Trinajstić information content (AvgIpc) is 3.66. The van der Waals surface area contributed by atoms with E-state index in [2.05, 4.69) is 205 Å². The summed E-state index contributed by atoms with van der Waals surface area (Å²) in [6.07, 6.45) is 0. The molecule has 0 saturated heterocycles. The van der Waals surface area contributed by atoms with Gasteiger partial charge in [-0.25, -0.2) is 0 Å². The molecule has 56 heavy (non-hydrogen) atoms. The molecule has 0 atom stereocenters. The molecule has 1 aromatic heterocycles. The highest BCUT2D eigenvalue weighted by Gasteiger charge is 2.17. The van der Waals surface area contributed by atoms with Crippen molar-refractivity contribution in [2.75, 3.05) is 4.90 Å². The molecule has 0 N–H and O–H groups in total. The third-order valence-electron chi connectivity index (χ3n) is 11.2. The van der Waals surface area contributed by atoms with Gasteiger partial charge in [0.25, 0.3) is 0 Å². The van der Waals surface area contributed by atoms with Crippen LogP contribution in [-0.2, 0) is 0 Å². The summed E-state index contributed by atoms with van der Waals surface area (Å²) in [4.78, 5) is 2.35. The molecule has 0 aliphatic heterocycles. The van der Waals surface area contributed by atoms with Crippen molar-refractivity contribution < 1.29 is 4.42 Å². The minimum absolute atomic E-state index is 0.907. The Bertz CT molecular complexity index is 3220. The van der Waals surface area contributed by atoms with Crippen molar-refractivity contribution in [3.63, 3.8) is 0 Å². The third-order valence-corrected chi connectivity index (χ3v) is 11.2. The van der Waals surface area contributed by atoms with E-state index in [0.29, 0.717) is 0 Å². The Kier molecular flexibility index (Phi) is 7.53. The summed E-state index contributed by atoms with van der Waals surface area (Å²) in [7, 11) is 0. The smallest absolute Gasteiger partial charge is 0.143 e. The molecule has 0 aliphatic rings. The molecule has 2 nitrogen and oxygen atoms in total. The van der Waals surface area contributed by atoms with Crippen molar-refractivity contribution in [1.29, 1.82) is 0 Å². The van der Waals surface area contributed by atoms with E-state index in [0.717, 1.165) is 50.1 Å². The van der Waals surface area contributed by atoms with Gasteiger partial charge in [-0.1, -0.05) is 164 Å². The monoisotopic (exact) mass is 713 g/mol. The van der Waals surface area contributed by atoms with E-state index in [4.69, 9.17) is 4.42 Å². The summed E-state index contributed by atoms with van der Waals surface area (Å²) >= 11 is 0. The summed E-state index contributed by atoms with van der Waals surface area (Å²) < 4.78 is 6.42.